The van der Waals surface area contributed by atoms with Gasteiger partial charge in [-0.15, -0.1) is 0 Å². The summed E-state index contributed by atoms with van der Waals surface area (Å²) >= 11 is 3.30. The Hall–Kier alpha value is -2.74. The molecule has 2 aromatic rings. The summed E-state index contributed by atoms with van der Waals surface area (Å²) in [5, 5.41) is 5.38. The van der Waals surface area contributed by atoms with Gasteiger partial charge in [0.25, 0.3) is 11.8 Å². The van der Waals surface area contributed by atoms with Gasteiger partial charge in [-0.2, -0.15) is 0 Å². The summed E-state index contributed by atoms with van der Waals surface area (Å²) in [7, 11) is 0. The zero-order chi connectivity index (χ0) is 20.1. The van der Waals surface area contributed by atoms with Crippen molar-refractivity contribution in [3.63, 3.8) is 0 Å². The van der Waals surface area contributed by atoms with Crippen LogP contribution in [0.5, 0.6) is 0 Å². The van der Waals surface area contributed by atoms with Gasteiger partial charge in [0.1, 0.15) is 5.82 Å². The fourth-order valence-corrected chi connectivity index (χ4v) is 3.34. The van der Waals surface area contributed by atoms with E-state index < -0.39 is 0 Å². The molecule has 0 fully saturated rings. The fraction of sp³-hybridized carbons (Fsp3) is 0.250. The second-order valence-electron chi connectivity index (χ2n) is 6.37. The van der Waals surface area contributed by atoms with Gasteiger partial charge in [0, 0.05) is 24.1 Å². The van der Waals surface area contributed by atoms with Crippen molar-refractivity contribution in [1.29, 1.82) is 0 Å². The summed E-state index contributed by atoms with van der Waals surface area (Å²) < 4.78 is 13.8. The summed E-state index contributed by atoms with van der Waals surface area (Å²) in [5.41, 5.74) is 1.59. The predicted octanol–water partition coefficient (Wildman–Crippen LogP) is 3.12. The summed E-state index contributed by atoms with van der Waals surface area (Å²) in [6, 6.07) is 10.9. The van der Waals surface area contributed by atoms with Gasteiger partial charge in [0.2, 0.25) is 0 Å². The number of halogens is 2. The minimum absolute atomic E-state index is 0.230. The first-order chi connectivity index (χ1) is 13.5. The lowest BCUT2D eigenvalue weighted by Gasteiger charge is -2.14. The number of nitrogens with zero attached hydrogens (tertiary/aromatic N) is 1. The molecule has 1 aliphatic rings. The van der Waals surface area contributed by atoms with Crippen molar-refractivity contribution in [2.75, 3.05) is 19.6 Å². The molecule has 1 heterocycles. The number of carbonyl (C=O) groups excluding carboxylic acids is 3. The third-order valence-corrected chi connectivity index (χ3v) is 4.86. The Morgan fingerprint density at radius 1 is 1.00 bits per heavy atom. The molecule has 0 radical (unpaired) electrons. The van der Waals surface area contributed by atoms with Gasteiger partial charge in [-0.1, -0.05) is 28.1 Å². The predicted molar refractivity (Wildman–Crippen MR) is 106 cm³/mol. The van der Waals surface area contributed by atoms with Crippen molar-refractivity contribution < 1.29 is 18.8 Å². The standard InChI is InChI=1S/C20H19BrFN3O3/c21-14-5-6-16-17(12-14)19(27)25(18(16)26)10-2-8-23-20(28)24-9-7-13-3-1-4-15(22)11-13/h1,3-6,11-12H,2,7-10H2,(H2,23,24,28). The maximum atomic E-state index is 13.1. The van der Waals surface area contributed by atoms with E-state index in [0.717, 1.165) is 10.0 Å². The van der Waals surface area contributed by atoms with Gasteiger partial charge >= 0.3 is 6.03 Å². The van der Waals surface area contributed by atoms with Crippen LogP contribution in [0.2, 0.25) is 0 Å². The average Bonchev–Trinajstić information content (AvgIpc) is 2.89. The fourth-order valence-electron chi connectivity index (χ4n) is 2.98. The monoisotopic (exact) mass is 447 g/mol. The van der Waals surface area contributed by atoms with Crippen LogP contribution in [0, 0.1) is 5.82 Å². The molecule has 0 atom stereocenters. The van der Waals surface area contributed by atoms with Gasteiger partial charge < -0.3 is 10.6 Å². The van der Waals surface area contributed by atoms with Crippen LogP contribution in [0.1, 0.15) is 32.7 Å². The molecule has 28 heavy (non-hydrogen) atoms. The van der Waals surface area contributed by atoms with E-state index in [9.17, 15) is 18.8 Å². The van der Waals surface area contributed by atoms with Crippen LogP contribution in [-0.2, 0) is 6.42 Å². The van der Waals surface area contributed by atoms with E-state index in [2.05, 4.69) is 26.6 Å². The number of rotatable bonds is 7. The number of hydrogen-bond donors (Lipinski definition) is 2. The molecular formula is C20H19BrFN3O3. The number of hydrogen-bond acceptors (Lipinski definition) is 3. The number of urea groups is 1. The van der Waals surface area contributed by atoms with E-state index in [-0.39, 0.29) is 30.2 Å². The third-order valence-electron chi connectivity index (χ3n) is 4.37. The highest BCUT2D eigenvalue weighted by Crippen LogP contribution is 2.25. The van der Waals surface area contributed by atoms with Crippen molar-refractivity contribution >= 4 is 33.8 Å². The molecule has 2 aromatic carbocycles. The summed E-state index contributed by atoms with van der Waals surface area (Å²) in [6.07, 6.45) is 0.972. The molecule has 0 bridgehead atoms. The quantitative estimate of drug-likeness (QED) is 0.505. The highest BCUT2D eigenvalue weighted by atomic mass is 79.9. The molecule has 0 aromatic heterocycles. The van der Waals surface area contributed by atoms with Crippen LogP contribution >= 0.6 is 15.9 Å². The molecule has 146 valence electrons. The summed E-state index contributed by atoms with van der Waals surface area (Å²) in [5.74, 6) is -0.935. The van der Waals surface area contributed by atoms with Crippen LogP contribution in [0.25, 0.3) is 0 Å². The number of imide groups is 1. The Morgan fingerprint density at radius 3 is 2.54 bits per heavy atom. The minimum Gasteiger partial charge on any atom is -0.338 e. The van der Waals surface area contributed by atoms with E-state index in [1.807, 2.05) is 0 Å². The van der Waals surface area contributed by atoms with Crippen molar-refractivity contribution in [3.8, 4) is 0 Å². The van der Waals surface area contributed by atoms with Crippen LogP contribution in [-0.4, -0.2) is 42.4 Å². The highest BCUT2D eigenvalue weighted by Gasteiger charge is 2.34. The number of carbonyl (C=O) groups is 3. The largest absolute Gasteiger partial charge is 0.338 e. The third kappa shape index (κ3) is 4.75. The maximum Gasteiger partial charge on any atom is 0.314 e. The average molecular weight is 448 g/mol. The van der Waals surface area contributed by atoms with Crippen LogP contribution < -0.4 is 10.6 Å². The molecule has 1 aliphatic heterocycles. The summed E-state index contributed by atoms with van der Waals surface area (Å²) in [6.45, 7) is 0.930. The lowest BCUT2D eigenvalue weighted by Crippen LogP contribution is -2.38. The number of amides is 4. The van der Waals surface area contributed by atoms with Gasteiger partial charge in [0.15, 0.2) is 0 Å². The van der Waals surface area contributed by atoms with Crippen LogP contribution in [0.15, 0.2) is 46.9 Å². The second-order valence-corrected chi connectivity index (χ2v) is 7.28. The molecule has 0 saturated heterocycles. The van der Waals surface area contributed by atoms with E-state index in [4.69, 9.17) is 0 Å². The first kappa shape index (κ1) is 20.0. The molecule has 0 saturated carbocycles. The lowest BCUT2D eigenvalue weighted by atomic mass is 10.1. The maximum absolute atomic E-state index is 13.1. The molecule has 8 heteroatoms. The normalized spacial score (nSPS) is 12.9. The van der Waals surface area contributed by atoms with Crippen molar-refractivity contribution in [3.05, 3.63) is 69.4 Å². The Balaban J connectivity index is 1.37. The number of nitrogens with one attached hydrogen (secondary N) is 2. The molecule has 2 N–H and O–H groups in total. The molecule has 3 rings (SSSR count). The first-order valence-corrected chi connectivity index (χ1v) is 9.67. The molecule has 0 unspecified atom stereocenters. The minimum atomic E-state index is -0.345. The molecule has 6 nitrogen and oxygen atoms in total. The smallest absolute Gasteiger partial charge is 0.314 e. The first-order valence-electron chi connectivity index (χ1n) is 8.87. The van der Waals surface area contributed by atoms with E-state index in [1.54, 1.807) is 30.3 Å². The van der Waals surface area contributed by atoms with Crippen molar-refractivity contribution in [2.24, 2.45) is 0 Å². The zero-order valence-electron chi connectivity index (χ0n) is 15.0. The Morgan fingerprint density at radius 2 is 1.75 bits per heavy atom. The van der Waals surface area contributed by atoms with Gasteiger partial charge in [-0.25, -0.2) is 9.18 Å². The summed E-state index contributed by atoms with van der Waals surface area (Å²) in [4.78, 5) is 37.6. The molecule has 4 amide bonds. The SMILES string of the molecule is O=C(NCCCN1C(=O)c2ccc(Br)cc2C1=O)NCCc1cccc(F)c1. The Labute approximate surface area is 170 Å². The molecule has 0 aliphatic carbocycles. The van der Waals surface area contributed by atoms with E-state index >= 15 is 0 Å². The van der Waals surface area contributed by atoms with Gasteiger partial charge in [-0.05, 0) is 48.7 Å². The molecule has 0 spiro atoms. The Bertz CT molecular complexity index is 919. The topological polar surface area (TPSA) is 78.5 Å². The number of benzene rings is 2. The van der Waals surface area contributed by atoms with Crippen molar-refractivity contribution in [1.82, 2.24) is 15.5 Å². The van der Waals surface area contributed by atoms with E-state index in [0.29, 0.717) is 37.1 Å². The molecular weight excluding hydrogens is 429 g/mol. The van der Waals surface area contributed by atoms with Crippen LogP contribution in [0.3, 0.4) is 0 Å². The highest BCUT2D eigenvalue weighted by molar-refractivity contribution is 9.10. The van der Waals surface area contributed by atoms with Crippen molar-refractivity contribution in [2.45, 2.75) is 12.8 Å². The second kappa shape index (κ2) is 8.97. The van der Waals surface area contributed by atoms with Gasteiger partial charge in [-0.3, -0.25) is 14.5 Å². The van der Waals surface area contributed by atoms with Gasteiger partial charge in [0.05, 0.1) is 11.1 Å². The number of fused-ring (bicyclic) bond motifs is 1. The Kier molecular flexibility index (Phi) is 6.41. The van der Waals surface area contributed by atoms with Crippen LogP contribution in [0.4, 0.5) is 9.18 Å². The van der Waals surface area contributed by atoms with E-state index in [1.165, 1.54) is 17.0 Å². The zero-order valence-corrected chi connectivity index (χ0v) is 16.6. The lowest BCUT2D eigenvalue weighted by molar-refractivity contribution is 0.0653.